The van der Waals surface area contributed by atoms with Crippen LogP contribution in [0.25, 0.3) is 10.7 Å². The van der Waals surface area contributed by atoms with Gasteiger partial charge in [-0.2, -0.15) is 0 Å². The highest BCUT2D eigenvalue weighted by molar-refractivity contribution is 9.10. The van der Waals surface area contributed by atoms with Crippen molar-refractivity contribution in [2.24, 2.45) is 0 Å². The molecule has 0 aliphatic heterocycles. The van der Waals surface area contributed by atoms with Crippen LogP contribution in [0.2, 0.25) is 0 Å². The molecule has 2 heterocycles. The second-order valence-electron chi connectivity index (χ2n) is 3.24. The molecule has 0 aliphatic rings. The minimum Gasteiger partial charge on any atom is -0.372 e. The molecular formula is C11H12BrN3S. The molecule has 16 heavy (non-hydrogen) atoms. The minimum absolute atomic E-state index is 0.791. The Morgan fingerprint density at radius 3 is 2.81 bits per heavy atom. The normalized spacial score (nSPS) is 10.4. The molecule has 84 valence electrons. The van der Waals surface area contributed by atoms with E-state index < -0.39 is 0 Å². The van der Waals surface area contributed by atoms with Gasteiger partial charge in [-0.1, -0.05) is 13.0 Å². The Kier molecular flexibility index (Phi) is 3.56. The van der Waals surface area contributed by atoms with Crippen LogP contribution in [0.15, 0.2) is 22.0 Å². The van der Waals surface area contributed by atoms with Gasteiger partial charge in [0.15, 0.2) is 5.82 Å². The van der Waals surface area contributed by atoms with Gasteiger partial charge in [0.05, 0.1) is 15.0 Å². The first kappa shape index (κ1) is 11.5. The lowest BCUT2D eigenvalue weighted by atomic mass is 10.3. The van der Waals surface area contributed by atoms with Crippen LogP contribution in [0.1, 0.15) is 12.6 Å². The highest BCUT2D eigenvalue weighted by atomic mass is 79.9. The molecule has 0 bridgehead atoms. The van der Waals surface area contributed by atoms with Gasteiger partial charge in [0, 0.05) is 7.05 Å². The minimum atomic E-state index is 0.791. The Balaban J connectivity index is 2.56. The van der Waals surface area contributed by atoms with E-state index in [1.165, 1.54) is 0 Å². The molecule has 0 aromatic carbocycles. The summed E-state index contributed by atoms with van der Waals surface area (Å²) in [4.78, 5) is 10.1. The fourth-order valence-corrected chi connectivity index (χ4v) is 2.72. The zero-order valence-corrected chi connectivity index (χ0v) is 11.5. The SMILES string of the molecule is CCc1nc(-c2cccs2)nc(NC)c1Br. The van der Waals surface area contributed by atoms with E-state index in [1.54, 1.807) is 11.3 Å². The van der Waals surface area contributed by atoms with Crippen LogP contribution in [0.5, 0.6) is 0 Å². The van der Waals surface area contributed by atoms with E-state index in [4.69, 9.17) is 0 Å². The molecule has 2 rings (SSSR count). The molecule has 0 atom stereocenters. The summed E-state index contributed by atoms with van der Waals surface area (Å²) in [6, 6.07) is 4.04. The van der Waals surface area contributed by atoms with Gasteiger partial charge in [-0.15, -0.1) is 11.3 Å². The zero-order valence-electron chi connectivity index (χ0n) is 9.12. The number of aromatic nitrogens is 2. The molecular weight excluding hydrogens is 286 g/mol. The van der Waals surface area contributed by atoms with Crippen molar-refractivity contribution in [2.45, 2.75) is 13.3 Å². The third-order valence-electron chi connectivity index (χ3n) is 2.23. The molecule has 2 aromatic heterocycles. The van der Waals surface area contributed by atoms with Crippen LogP contribution in [0.3, 0.4) is 0 Å². The van der Waals surface area contributed by atoms with Crippen molar-refractivity contribution in [3.63, 3.8) is 0 Å². The van der Waals surface area contributed by atoms with Gasteiger partial charge in [0.25, 0.3) is 0 Å². The second-order valence-corrected chi connectivity index (χ2v) is 4.98. The van der Waals surface area contributed by atoms with E-state index in [1.807, 2.05) is 24.6 Å². The predicted molar refractivity (Wildman–Crippen MR) is 72.0 cm³/mol. The lowest BCUT2D eigenvalue weighted by molar-refractivity contribution is 0.994. The van der Waals surface area contributed by atoms with Crippen LogP contribution < -0.4 is 5.32 Å². The summed E-state index contributed by atoms with van der Waals surface area (Å²) in [5.41, 5.74) is 1.03. The van der Waals surface area contributed by atoms with Gasteiger partial charge in [0.1, 0.15) is 5.82 Å². The maximum absolute atomic E-state index is 4.55. The number of halogens is 1. The van der Waals surface area contributed by atoms with E-state index in [-0.39, 0.29) is 0 Å². The molecule has 0 saturated heterocycles. The summed E-state index contributed by atoms with van der Waals surface area (Å²) in [6.45, 7) is 2.09. The fourth-order valence-electron chi connectivity index (χ4n) is 1.41. The molecule has 2 aromatic rings. The summed E-state index contributed by atoms with van der Waals surface area (Å²) in [6.07, 6.45) is 0.885. The number of aryl methyl sites for hydroxylation is 1. The monoisotopic (exact) mass is 297 g/mol. The number of hydrogen-bond acceptors (Lipinski definition) is 4. The van der Waals surface area contributed by atoms with E-state index >= 15 is 0 Å². The van der Waals surface area contributed by atoms with Crippen molar-refractivity contribution in [1.29, 1.82) is 0 Å². The van der Waals surface area contributed by atoms with Crippen LogP contribution in [-0.4, -0.2) is 17.0 Å². The Hall–Kier alpha value is -0.940. The average Bonchev–Trinajstić information content (AvgIpc) is 2.83. The molecule has 0 fully saturated rings. The van der Waals surface area contributed by atoms with Crippen LogP contribution >= 0.6 is 27.3 Å². The van der Waals surface area contributed by atoms with E-state index in [0.717, 1.165) is 33.1 Å². The molecule has 0 saturated carbocycles. The number of hydrogen-bond donors (Lipinski definition) is 1. The predicted octanol–water partition coefficient (Wildman–Crippen LogP) is 3.57. The molecule has 0 spiro atoms. The summed E-state index contributed by atoms with van der Waals surface area (Å²) in [5.74, 6) is 1.63. The summed E-state index contributed by atoms with van der Waals surface area (Å²) in [7, 11) is 1.87. The maximum Gasteiger partial charge on any atom is 0.171 e. The van der Waals surface area contributed by atoms with Gasteiger partial charge >= 0.3 is 0 Å². The lowest BCUT2D eigenvalue weighted by Crippen LogP contribution is -2.02. The molecule has 1 N–H and O–H groups in total. The molecule has 0 unspecified atom stereocenters. The van der Waals surface area contributed by atoms with Crippen LogP contribution in [0, 0.1) is 0 Å². The molecule has 0 amide bonds. The average molecular weight is 298 g/mol. The Labute approximate surface area is 107 Å². The zero-order chi connectivity index (χ0) is 11.5. The number of anilines is 1. The largest absolute Gasteiger partial charge is 0.372 e. The van der Waals surface area contributed by atoms with Gasteiger partial charge in [-0.05, 0) is 33.8 Å². The molecule has 5 heteroatoms. The maximum atomic E-state index is 4.55. The summed E-state index contributed by atoms with van der Waals surface area (Å²) >= 11 is 5.17. The van der Waals surface area contributed by atoms with Crippen LogP contribution in [-0.2, 0) is 6.42 Å². The topological polar surface area (TPSA) is 37.8 Å². The van der Waals surface area contributed by atoms with Crippen molar-refractivity contribution < 1.29 is 0 Å². The van der Waals surface area contributed by atoms with Crippen molar-refractivity contribution in [2.75, 3.05) is 12.4 Å². The second kappa shape index (κ2) is 4.93. The van der Waals surface area contributed by atoms with E-state index in [2.05, 4.69) is 38.1 Å². The van der Waals surface area contributed by atoms with Crippen molar-refractivity contribution in [1.82, 2.24) is 9.97 Å². The van der Waals surface area contributed by atoms with E-state index in [9.17, 15) is 0 Å². The van der Waals surface area contributed by atoms with Gasteiger partial charge < -0.3 is 5.32 Å². The highest BCUT2D eigenvalue weighted by Gasteiger charge is 2.11. The Bertz CT molecular complexity index is 457. The fraction of sp³-hybridized carbons (Fsp3) is 0.273. The van der Waals surface area contributed by atoms with Crippen molar-refractivity contribution in [3.8, 4) is 10.7 Å². The van der Waals surface area contributed by atoms with Gasteiger partial charge in [-0.25, -0.2) is 9.97 Å². The molecule has 3 nitrogen and oxygen atoms in total. The third-order valence-corrected chi connectivity index (χ3v) is 3.93. The standard InChI is InChI=1S/C11H12BrN3S/c1-3-7-9(12)11(13-2)15-10(14-7)8-5-4-6-16-8/h4-6H,3H2,1-2H3,(H,13,14,15). The Morgan fingerprint density at radius 2 is 2.25 bits per heavy atom. The summed E-state index contributed by atoms with van der Waals surface area (Å²) in [5, 5.41) is 5.11. The number of thiophene rings is 1. The molecule has 0 radical (unpaired) electrons. The molecule has 0 aliphatic carbocycles. The first-order chi connectivity index (χ1) is 7.76. The number of nitrogens with one attached hydrogen (secondary N) is 1. The summed E-state index contributed by atoms with van der Waals surface area (Å²) < 4.78 is 0.956. The third kappa shape index (κ3) is 2.10. The Morgan fingerprint density at radius 1 is 1.44 bits per heavy atom. The lowest BCUT2D eigenvalue weighted by Gasteiger charge is -2.08. The van der Waals surface area contributed by atoms with Crippen LogP contribution in [0.4, 0.5) is 5.82 Å². The highest BCUT2D eigenvalue weighted by Crippen LogP contribution is 2.28. The first-order valence-electron chi connectivity index (χ1n) is 5.04. The van der Waals surface area contributed by atoms with E-state index in [0.29, 0.717) is 0 Å². The van der Waals surface area contributed by atoms with Gasteiger partial charge in [0.2, 0.25) is 0 Å². The van der Waals surface area contributed by atoms with Crippen molar-refractivity contribution >= 4 is 33.1 Å². The quantitative estimate of drug-likeness (QED) is 0.941. The first-order valence-corrected chi connectivity index (χ1v) is 6.71. The number of rotatable bonds is 3. The number of nitrogens with zero attached hydrogens (tertiary/aromatic N) is 2. The smallest absolute Gasteiger partial charge is 0.171 e. The van der Waals surface area contributed by atoms with Crippen molar-refractivity contribution in [3.05, 3.63) is 27.7 Å². The van der Waals surface area contributed by atoms with Gasteiger partial charge in [-0.3, -0.25) is 0 Å².